The number of nitrogens with two attached hydrogens (primary N) is 1. The number of carbonyl (C=O) groups is 4. The Morgan fingerprint density at radius 1 is 1.22 bits per heavy atom. The van der Waals surface area contributed by atoms with E-state index >= 15 is 0 Å². The summed E-state index contributed by atoms with van der Waals surface area (Å²) in [4.78, 5) is 51.9. The van der Waals surface area contributed by atoms with Crippen molar-refractivity contribution in [3.8, 4) is 0 Å². The molecule has 6 N–H and O–H groups in total. The summed E-state index contributed by atoms with van der Waals surface area (Å²) in [5, 5.41) is 17.2. The molecule has 0 aromatic carbocycles. The number of aliphatic hydroxyl groups is 1. The quantitative estimate of drug-likeness (QED) is 0.295. The molecule has 2 heterocycles. The van der Waals surface area contributed by atoms with Gasteiger partial charge in [0.2, 0.25) is 17.7 Å². The predicted octanol–water partition coefficient (Wildman–Crippen LogP) is -0.149. The SMILES string of the molecule is CC(C)(C)[C@H](NC(=O)C(F)(F)F)C(=O)N1C[C@H]2[C@@H]([C@H]1C(=O)N[C@@H](C[C@@H]1CCNC1=O)C(N)O)C2(C)C. The summed E-state index contributed by atoms with van der Waals surface area (Å²) in [5.41, 5.74) is 4.31. The maximum Gasteiger partial charge on any atom is 0.471 e. The van der Waals surface area contributed by atoms with Gasteiger partial charge in [0.25, 0.3) is 0 Å². The Labute approximate surface area is 207 Å². The second-order valence-electron chi connectivity index (χ2n) is 11.8. The van der Waals surface area contributed by atoms with Crippen LogP contribution in [0.4, 0.5) is 13.2 Å². The Bertz CT molecular complexity index is 917. The predicted molar refractivity (Wildman–Crippen MR) is 122 cm³/mol. The minimum absolute atomic E-state index is 0.0574. The van der Waals surface area contributed by atoms with Crippen molar-refractivity contribution in [2.75, 3.05) is 13.1 Å². The van der Waals surface area contributed by atoms with Gasteiger partial charge in [-0.15, -0.1) is 0 Å². The monoisotopic (exact) mass is 519 g/mol. The van der Waals surface area contributed by atoms with Crippen LogP contribution in [0.2, 0.25) is 0 Å². The fraction of sp³-hybridized carbons (Fsp3) is 0.826. The molecular weight excluding hydrogens is 483 g/mol. The highest BCUT2D eigenvalue weighted by Crippen LogP contribution is 2.65. The number of likely N-dealkylation sites (tertiary alicyclic amines) is 1. The lowest BCUT2D eigenvalue weighted by Gasteiger charge is -2.38. The zero-order valence-electron chi connectivity index (χ0n) is 21.1. The standard InChI is InChI=1S/C23H36F3N5O5/c1-21(2,3)15(30-20(36)23(24,25)26)19(35)31-9-11-13(22(11,4)5)14(31)18(34)29-12(16(27)32)8-10-6-7-28-17(10)33/h10-16,32H,6-9,27H2,1-5H3,(H,28,33)(H,29,34)(H,30,36)/t10-,11-,12-,13-,14-,15+,16?/m0/s1. The van der Waals surface area contributed by atoms with Crippen LogP contribution >= 0.6 is 0 Å². The Balaban J connectivity index is 1.83. The normalized spacial score (nSPS) is 29.6. The molecular formula is C23H36F3N5O5. The maximum atomic E-state index is 13.5. The molecule has 2 saturated heterocycles. The molecule has 0 spiro atoms. The summed E-state index contributed by atoms with van der Waals surface area (Å²) in [7, 11) is 0. The Kier molecular flexibility index (Phi) is 7.41. The van der Waals surface area contributed by atoms with Crippen molar-refractivity contribution in [1.82, 2.24) is 20.9 Å². The topological polar surface area (TPSA) is 154 Å². The molecule has 10 nitrogen and oxygen atoms in total. The fourth-order valence-corrected chi connectivity index (χ4v) is 5.57. The molecule has 36 heavy (non-hydrogen) atoms. The van der Waals surface area contributed by atoms with E-state index in [0.717, 1.165) is 0 Å². The molecule has 4 amide bonds. The molecule has 2 aliphatic heterocycles. The second kappa shape index (κ2) is 9.47. The largest absolute Gasteiger partial charge is 0.471 e. The van der Waals surface area contributed by atoms with Crippen LogP contribution in [-0.2, 0) is 19.2 Å². The van der Waals surface area contributed by atoms with Gasteiger partial charge in [0, 0.05) is 19.0 Å². The highest BCUT2D eigenvalue weighted by atomic mass is 19.4. The van der Waals surface area contributed by atoms with Crippen LogP contribution in [0.15, 0.2) is 0 Å². The highest BCUT2D eigenvalue weighted by Gasteiger charge is 2.70. The van der Waals surface area contributed by atoms with Crippen LogP contribution in [0.5, 0.6) is 0 Å². The lowest BCUT2D eigenvalue weighted by molar-refractivity contribution is -0.176. The number of nitrogens with one attached hydrogen (secondary N) is 3. The van der Waals surface area contributed by atoms with Crippen LogP contribution in [0, 0.1) is 28.6 Å². The van der Waals surface area contributed by atoms with Crippen molar-refractivity contribution in [1.29, 1.82) is 0 Å². The number of hydrogen-bond donors (Lipinski definition) is 5. The first kappa shape index (κ1) is 28.2. The molecule has 7 atom stereocenters. The van der Waals surface area contributed by atoms with Crippen molar-refractivity contribution in [3.63, 3.8) is 0 Å². The maximum absolute atomic E-state index is 13.5. The summed E-state index contributed by atoms with van der Waals surface area (Å²) >= 11 is 0. The molecule has 204 valence electrons. The Morgan fingerprint density at radius 2 is 1.83 bits per heavy atom. The van der Waals surface area contributed by atoms with Crippen LogP contribution < -0.4 is 21.7 Å². The Hall–Kier alpha value is -2.41. The molecule has 0 bridgehead atoms. The van der Waals surface area contributed by atoms with E-state index in [-0.39, 0.29) is 36.1 Å². The number of hydrogen-bond acceptors (Lipinski definition) is 6. The average molecular weight is 520 g/mol. The van der Waals surface area contributed by atoms with Crippen LogP contribution in [0.25, 0.3) is 0 Å². The van der Waals surface area contributed by atoms with E-state index in [1.54, 1.807) is 5.32 Å². The van der Waals surface area contributed by atoms with E-state index in [1.807, 2.05) is 13.8 Å². The number of fused-ring (bicyclic) bond motifs is 1. The van der Waals surface area contributed by atoms with Crippen molar-refractivity contribution in [2.45, 2.75) is 78.0 Å². The zero-order valence-corrected chi connectivity index (χ0v) is 21.1. The van der Waals surface area contributed by atoms with E-state index in [0.29, 0.717) is 13.0 Å². The van der Waals surface area contributed by atoms with Gasteiger partial charge in [-0.1, -0.05) is 34.6 Å². The van der Waals surface area contributed by atoms with E-state index < -0.39 is 59.6 Å². The lowest BCUT2D eigenvalue weighted by atomic mass is 9.85. The van der Waals surface area contributed by atoms with Crippen LogP contribution in [-0.4, -0.2) is 77.3 Å². The minimum Gasteiger partial charge on any atom is -0.377 e. The summed E-state index contributed by atoms with van der Waals surface area (Å²) in [5.74, 6) is -4.59. The van der Waals surface area contributed by atoms with Gasteiger partial charge in [-0.05, 0) is 35.5 Å². The molecule has 1 unspecified atom stereocenters. The van der Waals surface area contributed by atoms with Crippen LogP contribution in [0.1, 0.15) is 47.5 Å². The molecule has 1 saturated carbocycles. The molecule has 1 aliphatic carbocycles. The van der Waals surface area contributed by atoms with Crippen LogP contribution in [0.3, 0.4) is 0 Å². The van der Waals surface area contributed by atoms with Gasteiger partial charge in [-0.2, -0.15) is 13.2 Å². The summed E-state index contributed by atoms with van der Waals surface area (Å²) in [6.07, 6.45) is -6.02. The lowest BCUT2D eigenvalue weighted by Crippen LogP contribution is -2.61. The van der Waals surface area contributed by atoms with Crippen molar-refractivity contribution in [3.05, 3.63) is 0 Å². The molecule has 0 aromatic rings. The number of nitrogens with zero attached hydrogens (tertiary/aromatic N) is 1. The molecule has 0 aromatic heterocycles. The smallest absolute Gasteiger partial charge is 0.377 e. The third kappa shape index (κ3) is 5.46. The summed E-state index contributed by atoms with van der Waals surface area (Å²) in [6, 6.07) is -3.52. The number of alkyl halides is 3. The number of rotatable bonds is 7. The number of amides is 4. The highest BCUT2D eigenvalue weighted by molar-refractivity contribution is 5.95. The molecule has 3 fully saturated rings. The van der Waals surface area contributed by atoms with Gasteiger partial charge in [0.1, 0.15) is 18.3 Å². The minimum atomic E-state index is -5.17. The first-order chi connectivity index (χ1) is 16.4. The van der Waals surface area contributed by atoms with Gasteiger partial charge in [-0.3, -0.25) is 19.2 Å². The van der Waals surface area contributed by atoms with Crippen molar-refractivity contribution in [2.24, 2.45) is 34.3 Å². The third-order valence-electron chi connectivity index (χ3n) is 7.85. The van der Waals surface area contributed by atoms with Gasteiger partial charge in [0.05, 0.1) is 6.04 Å². The van der Waals surface area contributed by atoms with E-state index in [2.05, 4.69) is 10.6 Å². The van der Waals surface area contributed by atoms with Gasteiger partial charge >= 0.3 is 12.1 Å². The second-order valence-corrected chi connectivity index (χ2v) is 11.8. The molecule has 3 rings (SSSR count). The zero-order chi connectivity index (χ0) is 27.4. The fourth-order valence-electron chi connectivity index (χ4n) is 5.57. The number of piperidine rings is 1. The number of aliphatic hydroxyl groups excluding tert-OH is 1. The summed E-state index contributed by atoms with van der Waals surface area (Å²) < 4.78 is 38.9. The Morgan fingerprint density at radius 3 is 2.31 bits per heavy atom. The number of carbonyl (C=O) groups excluding carboxylic acids is 4. The van der Waals surface area contributed by atoms with E-state index in [9.17, 15) is 37.5 Å². The van der Waals surface area contributed by atoms with Crippen molar-refractivity contribution < 1.29 is 37.5 Å². The van der Waals surface area contributed by atoms with Gasteiger partial charge in [0.15, 0.2) is 0 Å². The average Bonchev–Trinajstić information content (AvgIpc) is 3.09. The first-order valence-electron chi connectivity index (χ1n) is 12.1. The third-order valence-corrected chi connectivity index (χ3v) is 7.85. The first-order valence-corrected chi connectivity index (χ1v) is 12.1. The van der Waals surface area contributed by atoms with Gasteiger partial charge in [-0.25, -0.2) is 0 Å². The molecule has 3 aliphatic rings. The van der Waals surface area contributed by atoms with Crippen molar-refractivity contribution >= 4 is 23.6 Å². The van der Waals surface area contributed by atoms with E-state index in [4.69, 9.17) is 5.73 Å². The summed E-state index contributed by atoms with van der Waals surface area (Å²) in [6.45, 7) is 9.07. The van der Waals surface area contributed by atoms with E-state index in [1.165, 1.54) is 25.7 Å². The molecule has 13 heteroatoms. The number of halogens is 3. The molecule has 0 radical (unpaired) electrons. The van der Waals surface area contributed by atoms with Gasteiger partial charge < -0.3 is 31.7 Å².